The summed E-state index contributed by atoms with van der Waals surface area (Å²) in [6.07, 6.45) is 1.52. The van der Waals surface area contributed by atoms with Gasteiger partial charge >= 0.3 is 5.97 Å². The Balaban J connectivity index is 2.63. The van der Waals surface area contributed by atoms with E-state index in [2.05, 4.69) is 11.9 Å². The minimum Gasteiger partial charge on any atom is -0.508 e. The van der Waals surface area contributed by atoms with Gasteiger partial charge in [-0.05, 0) is 12.5 Å². The Hall–Kier alpha value is -2.30. The summed E-state index contributed by atoms with van der Waals surface area (Å²) in [4.78, 5) is 22.5. The van der Waals surface area contributed by atoms with Gasteiger partial charge in [0, 0.05) is 5.56 Å². The number of aliphatic carboxylic acids is 1. The number of benzene rings is 1. The van der Waals surface area contributed by atoms with Crippen LogP contribution in [0.1, 0.15) is 12.0 Å². The highest BCUT2D eigenvalue weighted by molar-refractivity contribution is 5.85. The molecule has 5 nitrogen and oxygen atoms in total. The SMILES string of the molecule is C=CCC(NC(=O)Cc1ccccc1O)C(=O)O. The molecule has 1 atom stereocenters. The van der Waals surface area contributed by atoms with E-state index in [-0.39, 0.29) is 18.6 Å². The number of para-hydroxylation sites is 1. The van der Waals surface area contributed by atoms with Crippen LogP contribution in [-0.4, -0.2) is 28.1 Å². The van der Waals surface area contributed by atoms with Gasteiger partial charge in [-0.3, -0.25) is 4.79 Å². The molecule has 0 radical (unpaired) electrons. The molecule has 1 unspecified atom stereocenters. The lowest BCUT2D eigenvalue weighted by Gasteiger charge is -2.12. The molecule has 3 N–H and O–H groups in total. The van der Waals surface area contributed by atoms with Crippen LogP contribution < -0.4 is 5.32 Å². The van der Waals surface area contributed by atoms with Crippen molar-refractivity contribution < 1.29 is 19.8 Å². The summed E-state index contributed by atoms with van der Waals surface area (Å²) in [6, 6.07) is 5.44. The number of amides is 1. The smallest absolute Gasteiger partial charge is 0.326 e. The monoisotopic (exact) mass is 249 g/mol. The van der Waals surface area contributed by atoms with Gasteiger partial charge in [0.15, 0.2) is 0 Å². The average Bonchev–Trinajstić information content (AvgIpc) is 2.31. The van der Waals surface area contributed by atoms with Crippen LogP contribution in [-0.2, 0) is 16.0 Å². The first-order chi connectivity index (χ1) is 8.54. The van der Waals surface area contributed by atoms with Crippen molar-refractivity contribution in [1.82, 2.24) is 5.32 Å². The molecule has 0 fully saturated rings. The third-order valence-electron chi connectivity index (χ3n) is 2.38. The van der Waals surface area contributed by atoms with E-state index in [0.717, 1.165) is 0 Å². The Labute approximate surface area is 105 Å². The number of carboxylic acids is 1. The average molecular weight is 249 g/mol. The predicted octanol–water partition coefficient (Wildman–Crippen LogP) is 1.08. The number of phenolic OH excluding ortho intramolecular Hbond substituents is 1. The van der Waals surface area contributed by atoms with Gasteiger partial charge in [0.05, 0.1) is 6.42 Å². The van der Waals surface area contributed by atoms with Crippen LogP contribution in [0.3, 0.4) is 0 Å². The fraction of sp³-hybridized carbons (Fsp3) is 0.231. The van der Waals surface area contributed by atoms with Gasteiger partial charge in [-0.25, -0.2) is 4.79 Å². The first-order valence-electron chi connectivity index (χ1n) is 5.44. The summed E-state index contributed by atoms with van der Waals surface area (Å²) in [5.41, 5.74) is 0.456. The summed E-state index contributed by atoms with van der Waals surface area (Å²) in [5.74, 6) is -1.55. The zero-order valence-corrected chi connectivity index (χ0v) is 9.80. The molecule has 5 heteroatoms. The second-order valence-corrected chi connectivity index (χ2v) is 3.79. The van der Waals surface area contributed by atoms with E-state index in [9.17, 15) is 14.7 Å². The third kappa shape index (κ3) is 3.93. The highest BCUT2D eigenvalue weighted by Crippen LogP contribution is 2.15. The fourth-order valence-electron chi connectivity index (χ4n) is 1.47. The lowest BCUT2D eigenvalue weighted by Crippen LogP contribution is -2.41. The molecule has 0 saturated carbocycles. The van der Waals surface area contributed by atoms with E-state index in [1.54, 1.807) is 18.2 Å². The lowest BCUT2D eigenvalue weighted by molar-refractivity contribution is -0.141. The molecule has 0 aromatic heterocycles. The summed E-state index contributed by atoms with van der Waals surface area (Å²) >= 11 is 0. The van der Waals surface area contributed by atoms with Crippen LogP contribution in [0.4, 0.5) is 0 Å². The highest BCUT2D eigenvalue weighted by Gasteiger charge is 2.18. The molecule has 0 aliphatic heterocycles. The van der Waals surface area contributed by atoms with E-state index < -0.39 is 17.9 Å². The van der Waals surface area contributed by atoms with Gasteiger partial charge < -0.3 is 15.5 Å². The molecule has 1 amide bonds. The highest BCUT2D eigenvalue weighted by atomic mass is 16.4. The van der Waals surface area contributed by atoms with Gasteiger partial charge in [-0.15, -0.1) is 6.58 Å². The molecular weight excluding hydrogens is 234 g/mol. The van der Waals surface area contributed by atoms with Gasteiger partial charge in [0.25, 0.3) is 0 Å². The quantitative estimate of drug-likeness (QED) is 0.658. The Morgan fingerprint density at radius 2 is 2.06 bits per heavy atom. The number of carboxylic acid groups (broad SMARTS) is 1. The molecule has 0 aliphatic carbocycles. The second kappa shape index (κ2) is 6.44. The third-order valence-corrected chi connectivity index (χ3v) is 2.38. The maximum Gasteiger partial charge on any atom is 0.326 e. The van der Waals surface area contributed by atoms with Crippen molar-refractivity contribution in [3.63, 3.8) is 0 Å². The number of aromatic hydroxyl groups is 1. The summed E-state index contributed by atoms with van der Waals surface area (Å²) < 4.78 is 0. The Kier molecular flexibility index (Phi) is 4.92. The van der Waals surface area contributed by atoms with E-state index in [1.807, 2.05) is 0 Å². The molecule has 96 valence electrons. The van der Waals surface area contributed by atoms with Crippen LogP contribution in [0.25, 0.3) is 0 Å². The maximum absolute atomic E-state index is 11.6. The molecule has 18 heavy (non-hydrogen) atoms. The Bertz CT molecular complexity index is 456. The van der Waals surface area contributed by atoms with Crippen molar-refractivity contribution >= 4 is 11.9 Å². The first-order valence-corrected chi connectivity index (χ1v) is 5.44. The molecule has 1 aromatic carbocycles. The van der Waals surface area contributed by atoms with E-state index in [1.165, 1.54) is 12.1 Å². The molecule has 1 aromatic rings. The molecule has 0 saturated heterocycles. The lowest BCUT2D eigenvalue weighted by atomic mass is 10.1. The topological polar surface area (TPSA) is 86.6 Å². The van der Waals surface area contributed by atoms with Crippen LogP contribution >= 0.6 is 0 Å². The van der Waals surface area contributed by atoms with Crippen LogP contribution in [0.5, 0.6) is 5.75 Å². The normalized spacial score (nSPS) is 11.6. The number of nitrogens with one attached hydrogen (secondary N) is 1. The zero-order chi connectivity index (χ0) is 13.5. The number of phenols is 1. The summed E-state index contributed by atoms with van der Waals surface area (Å²) in [7, 11) is 0. The molecule has 0 aliphatic rings. The number of carbonyl (C=O) groups excluding carboxylic acids is 1. The van der Waals surface area contributed by atoms with Crippen molar-refractivity contribution in [2.75, 3.05) is 0 Å². The molecule has 0 heterocycles. The minimum atomic E-state index is -1.11. The van der Waals surface area contributed by atoms with Crippen molar-refractivity contribution in [3.8, 4) is 5.75 Å². The molecule has 0 spiro atoms. The van der Waals surface area contributed by atoms with Crippen molar-refractivity contribution in [2.24, 2.45) is 0 Å². The first kappa shape index (κ1) is 13.8. The number of carbonyl (C=O) groups is 2. The van der Waals surface area contributed by atoms with E-state index in [4.69, 9.17) is 5.11 Å². The minimum absolute atomic E-state index is 0.0169. The second-order valence-electron chi connectivity index (χ2n) is 3.79. The van der Waals surface area contributed by atoms with Crippen LogP contribution in [0.2, 0.25) is 0 Å². The summed E-state index contributed by atoms with van der Waals surface area (Å²) in [6.45, 7) is 3.43. The number of hydrogen-bond acceptors (Lipinski definition) is 3. The van der Waals surface area contributed by atoms with Crippen molar-refractivity contribution in [1.29, 1.82) is 0 Å². The Morgan fingerprint density at radius 1 is 1.39 bits per heavy atom. The predicted molar refractivity (Wildman–Crippen MR) is 66.2 cm³/mol. The Morgan fingerprint density at radius 3 is 2.61 bits per heavy atom. The molecular formula is C13H15NO4. The fourth-order valence-corrected chi connectivity index (χ4v) is 1.47. The van der Waals surface area contributed by atoms with Crippen molar-refractivity contribution in [2.45, 2.75) is 18.9 Å². The van der Waals surface area contributed by atoms with Gasteiger partial charge in [0.1, 0.15) is 11.8 Å². The van der Waals surface area contributed by atoms with Gasteiger partial charge in [-0.2, -0.15) is 0 Å². The largest absolute Gasteiger partial charge is 0.508 e. The maximum atomic E-state index is 11.6. The van der Waals surface area contributed by atoms with Crippen LogP contribution in [0.15, 0.2) is 36.9 Å². The van der Waals surface area contributed by atoms with Gasteiger partial charge in [0.2, 0.25) is 5.91 Å². The number of rotatable bonds is 6. The zero-order valence-electron chi connectivity index (χ0n) is 9.80. The van der Waals surface area contributed by atoms with E-state index in [0.29, 0.717) is 5.56 Å². The van der Waals surface area contributed by atoms with Gasteiger partial charge in [-0.1, -0.05) is 24.3 Å². The standard InChI is InChI=1S/C13H15NO4/c1-2-5-10(13(17)18)14-12(16)8-9-6-3-4-7-11(9)15/h2-4,6-7,10,15H,1,5,8H2,(H,14,16)(H,17,18). The molecule has 0 bridgehead atoms. The van der Waals surface area contributed by atoms with E-state index >= 15 is 0 Å². The summed E-state index contributed by atoms with van der Waals surface area (Å²) in [5, 5.41) is 20.7. The molecule has 1 rings (SSSR count). The number of hydrogen-bond donors (Lipinski definition) is 3. The van der Waals surface area contributed by atoms with Crippen LogP contribution in [0, 0.1) is 0 Å². The van der Waals surface area contributed by atoms with Crippen molar-refractivity contribution in [3.05, 3.63) is 42.5 Å².